The highest BCUT2D eigenvalue weighted by Gasteiger charge is 2.31. The van der Waals surface area contributed by atoms with Crippen LogP contribution in [0.4, 0.5) is 0 Å². The van der Waals surface area contributed by atoms with Gasteiger partial charge in [0.05, 0.1) is 21.1 Å². The fourth-order valence-electron chi connectivity index (χ4n) is 0.596. The normalized spacial score (nSPS) is 16.5. The molecule has 0 aromatic rings. The van der Waals surface area contributed by atoms with Crippen molar-refractivity contribution in [1.29, 1.82) is 0 Å². The van der Waals surface area contributed by atoms with Crippen molar-refractivity contribution in [3.05, 3.63) is 0 Å². The molecule has 68 valence electrons. The van der Waals surface area contributed by atoms with Crippen LogP contribution >= 0.6 is 7.60 Å². The zero-order valence-corrected chi connectivity index (χ0v) is 7.82. The lowest BCUT2D eigenvalue weighted by Crippen LogP contribution is -2.41. The highest BCUT2D eigenvalue weighted by molar-refractivity contribution is 7.52. The molecule has 0 saturated carbocycles. The van der Waals surface area contributed by atoms with Gasteiger partial charge in [0, 0.05) is 0 Å². The molecule has 0 fully saturated rings. The molecule has 0 amide bonds. The Balaban J connectivity index is 4.10. The van der Waals surface area contributed by atoms with Crippen LogP contribution in [-0.2, 0) is 4.57 Å². The van der Waals surface area contributed by atoms with E-state index in [-0.39, 0.29) is 6.54 Å². The van der Waals surface area contributed by atoms with Crippen LogP contribution in [0.15, 0.2) is 0 Å². The lowest BCUT2D eigenvalue weighted by molar-refractivity contribution is -0.872. The summed E-state index contributed by atoms with van der Waals surface area (Å²) in [7, 11) is 0.933. The summed E-state index contributed by atoms with van der Waals surface area (Å²) < 4.78 is 10.8. The first-order chi connectivity index (χ1) is 4.63. The summed E-state index contributed by atoms with van der Waals surface area (Å²) >= 11 is 0. The molecule has 0 rings (SSSR count). The van der Waals surface area contributed by atoms with Gasteiger partial charge in [-0.1, -0.05) is 0 Å². The second-order valence-corrected chi connectivity index (χ2v) is 5.32. The van der Waals surface area contributed by atoms with Gasteiger partial charge >= 0.3 is 7.60 Å². The van der Waals surface area contributed by atoms with Gasteiger partial charge in [0.1, 0.15) is 6.54 Å². The van der Waals surface area contributed by atoms with Crippen molar-refractivity contribution in [3.63, 3.8) is 0 Å². The molecule has 0 aliphatic carbocycles. The molecule has 0 spiro atoms. The fraction of sp³-hybridized carbons (Fsp3) is 1.00. The van der Waals surface area contributed by atoms with Gasteiger partial charge in [-0.2, -0.15) is 0 Å². The number of hydrogen-bond acceptors (Lipinski definition) is 2. The van der Waals surface area contributed by atoms with E-state index in [9.17, 15) is 4.57 Å². The van der Waals surface area contributed by atoms with Gasteiger partial charge < -0.3 is 19.4 Å². The average molecular weight is 184 g/mol. The van der Waals surface area contributed by atoms with Crippen molar-refractivity contribution in [2.75, 3.05) is 27.7 Å². The van der Waals surface area contributed by atoms with Gasteiger partial charge in [-0.15, -0.1) is 0 Å². The molecular weight excluding hydrogens is 169 g/mol. The van der Waals surface area contributed by atoms with Crippen LogP contribution in [0.25, 0.3) is 0 Å². The third kappa shape index (κ3) is 5.35. The number of aliphatic hydroxyl groups excluding tert-OH is 1. The first kappa shape index (κ1) is 11.1. The van der Waals surface area contributed by atoms with Gasteiger partial charge in [0.2, 0.25) is 5.85 Å². The second-order valence-electron chi connectivity index (χ2n) is 3.54. The van der Waals surface area contributed by atoms with E-state index < -0.39 is 13.4 Å². The van der Waals surface area contributed by atoms with Crippen LogP contribution in [0.3, 0.4) is 0 Å². The van der Waals surface area contributed by atoms with Gasteiger partial charge in [0.25, 0.3) is 0 Å². The van der Waals surface area contributed by atoms with Crippen molar-refractivity contribution in [2.24, 2.45) is 0 Å². The smallest absolute Gasteiger partial charge is 0.359 e. The number of hydrogen-bond donors (Lipinski definition) is 3. The third-order valence-corrected chi connectivity index (χ3v) is 2.04. The van der Waals surface area contributed by atoms with E-state index in [1.54, 1.807) is 21.1 Å². The van der Waals surface area contributed by atoms with Gasteiger partial charge in [-0.3, -0.25) is 4.57 Å². The number of nitrogens with zero attached hydrogens (tertiary/aromatic N) is 1. The highest BCUT2D eigenvalue weighted by atomic mass is 31.2. The molecule has 5 nitrogen and oxygen atoms in total. The van der Waals surface area contributed by atoms with Crippen LogP contribution in [-0.4, -0.2) is 52.9 Å². The Morgan fingerprint density at radius 1 is 1.36 bits per heavy atom. The average Bonchev–Trinajstić information content (AvgIpc) is 1.56. The van der Waals surface area contributed by atoms with Crippen LogP contribution in [0.5, 0.6) is 0 Å². The summed E-state index contributed by atoms with van der Waals surface area (Å²) in [5.41, 5.74) is 0. The predicted molar refractivity (Wildman–Crippen MR) is 41.0 cm³/mol. The minimum absolute atomic E-state index is 0.0459. The van der Waals surface area contributed by atoms with E-state index in [2.05, 4.69) is 0 Å². The standard InChI is InChI=1S/C5H14NO4P/c1-6(2,3)4-5(7)11(8,9)10/h5,7H,4H2,1-3H3,(H-,8,9,10)/p+1/t5-/m0/s1. The molecule has 0 unspecified atom stereocenters. The molecule has 0 radical (unpaired) electrons. The highest BCUT2D eigenvalue weighted by Crippen LogP contribution is 2.39. The number of aliphatic hydroxyl groups is 1. The summed E-state index contributed by atoms with van der Waals surface area (Å²) in [6.45, 7) is 0.0459. The molecule has 0 aliphatic rings. The van der Waals surface area contributed by atoms with Gasteiger partial charge in [0.15, 0.2) is 0 Å². The van der Waals surface area contributed by atoms with Crippen molar-refractivity contribution in [3.8, 4) is 0 Å². The number of quaternary nitrogens is 1. The van der Waals surface area contributed by atoms with Crippen LogP contribution < -0.4 is 0 Å². The van der Waals surface area contributed by atoms with Gasteiger partial charge in [-0.25, -0.2) is 0 Å². The molecular formula is C5H15NO4P+. The molecule has 11 heavy (non-hydrogen) atoms. The lowest BCUT2D eigenvalue weighted by atomic mass is 10.5. The van der Waals surface area contributed by atoms with E-state index >= 15 is 0 Å². The van der Waals surface area contributed by atoms with Crippen molar-refractivity contribution >= 4 is 7.60 Å². The molecule has 1 atom stereocenters. The Morgan fingerprint density at radius 2 is 1.73 bits per heavy atom. The van der Waals surface area contributed by atoms with Crippen molar-refractivity contribution in [1.82, 2.24) is 0 Å². The third-order valence-electron chi connectivity index (χ3n) is 1.10. The molecule has 3 N–H and O–H groups in total. The van der Waals surface area contributed by atoms with Crippen molar-refractivity contribution in [2.45, 2.75) is 5.85 Å². The summed E-state index contributed by atoms with van der Waals surface area (Å²) in [6, 6.07) is 0. The lowest BCUT2D eigenvalue weighted by Gasteiger charge is -2.26. The number of rotatable bonds is 3. The summed E-state index contributed by atoms with van der Waals surface area (Å²) in [6.07, 6.45) is 0. The fourth-order valence-corrected chi connectivity index (χ4v) is 1.30. The van der Waals surface area contributed by atoms with E-state index in [0.717, 1.165) is 0 Å². The zero-order valence-electron chi connectivity index (χ0n) is 6.93. The van der Waals surface area contributed by atoms with Crippen molar-refractivity contribution < 1.29 is 23.9 Å². The minimum atomic E-state index is -4.31. The maximum atomic E-state index is 10.4. The molecule has 0 bridgehead atoms. The summed E-state index contributed by atoms with van der Waals surface area (Å²) in [5, 5.41) is 8.94. The largest absolute Gasteiger partial charge is 0.376 e. The van der Waals surface area contributed by atoms with E-state index in [4.69, 9.17) is 14.9 Å². The Labute approximate surface area is 66.0 Å². The first-order valence-corrected chi connectivity index (χ1v) is 4.85. The van der Waals surface area contributed by atoms with E-state index in [1.165, 1.54) is 0 Å². The quantitative estimate of drug-likeness (QED) is 0.396. The Bertz CT molecular complexity index is 170. The molecule has 0 aromatic heterocycles. The molecule has 0 saturated heterocycles. The SMILES string of the molecule is C[N+](C)(C)C[C@@H](O)P(=O)(O)O. The molecule has 0 aromatic carbocycles. The Hall–Kier alpha value is 0.0700. The Morgan fingerprint density at radius 3 is 1.82 bits per heavy atom. The van der Waals surface area contributed by atoms with Crippen LogP contribution in [0.1, 0.15) is 0 Å². The maximum absolute atomic E-state index is 10.4. The molecule has 6 heteroatoms. The number of likely N-dealkylation sites (N-methyl/N-ethyl adjacent to an activating group) is 1. The topological polar surface area (TPSA) is 77.8 Å². The summed E-state index contributed by atoms with van der Waals surface area (Å²) in [4.78, 5) is 17.0. The molecule has 0 heterocycles. The monoisotopic (exact) mass is 184 g/mol. The van der Waals surface area contributed by atoms with Crippen LogP contribution in [0, 0.1) is 0 Å². The summed E-state index contributed by atoms with van der Waals surface area (Å²) in [5.74, 6) is -1.55. The van der Waals surface area contributed by atoms with Crippen LogP contribution in [0.2, 0.25) is 0 Å². The zero-order chi connectivity index (χ0) is 9.28. The molecule has 0 aliphatic heterocycles. The maximum Gasteiger partial charge on any atom is 0.359 e. The minimum Gasteiger partial charge on any atom is -0.376 e. The second kappa shape index (κ2) is 3.21. The first-order valence-electron chi connectivity index (χ1n) is 3.17. The van der Waals surface area contributed by atoms with Gasteiger partial charge in [-0.05, 0) is 0 Å². The predicted octanol–water partition coefficient (Wildman–Crippen LogP) is -0.811. The Kier molecular flexibility index (Phi) is 3.23. The van der Waals surface area contributed by atoms with E-state index in [1.807, 2.05) is 0 Å². The van der Waals surface area contributed by atoms with E-state index in [0.29, 0.717) is 4.48 Å².